The minimum Gasteiger partial charge on any atom is -0.504 e. The molecule has 0 heterocycles. The van der Waals surface area contributed by atoms with Crippen molar-refractivity contribution in [3.8, 4) is 5.75 Å². The second-order valence-corrected chi connectivity index (χ2v) is 3.26. The number of rotatable bonds is 3. The molecule has 2 N–H and O–H groups in total. The van der Waals surface area contributed by atoms with Crippen LogP contribution >= 0.6 is 0 Å². The molecular weight excluding hydrogens is 204 g/mol. The van der Waals surface area contributed by atoms with Gasteiger partial charge >= 0.3 is 0 Å². The summed E-state index contributed by atoms with van der Waals surface area (Å²) in [6.07, 6.45) is 0. The molecule has 2 rings (SSSR count). The average Bonchev–Trinajstić information content (AvgIpc) is 2.33. The van der Waals surface area contributed by atoms with Gasteiger partial charge in [-0.3, -0.25) is 0 Å². The Kier molecular flexibility index (Phi) is 2.82. The molecule has 0 aromatic heterocycles. The smallest absolute Gasteiger partial charge is 0.168 e. The molecule has 0 bridgehead atoms. The number of para-hydroxylation sites is 2. The van der Waals surface area contributed by atoms with Crippen molar-refractivity contribution in [2.24, 2.45) is 5.18 Å². The van der Waals surface area contributed by atoms with Crippen LogP contribution in [0.3, 0.4) is 0 Å². The summed E-state index contributed by atoms with van der Waals surface area (Å²) in [5, 5.41) is 15.4. The Hall–Kier alpha value is -2.36. The predicted octanol–water partition coefficient (Wildman–Crippen LogP) is 3.53. The van der Waals surface area contributed by atoms with Crippen LogP contribution in [0, 0.1) is 4.91 Å². The fourth-order valence-electron chi connectivity index (χ4n) is 1.38. The lowest BCUT2D eigenvalue weighted by Crippen LogP contribution is -1.89. The van der Waals surface area contributed by atoms with Crippen molar-refractivity contribution < 1.29 is 5.11 Å². The third-order valence-corrected chi connectivity index (χ3v) is 2.17. The molecule has 16 heavy (non-hydrogen) atoms. The molecular formula is C12H10N2O2. The van der Waals surface area contributed by atoms with Gasteiger partial charge in [0.15, 0.2) is 11.4 Å². The molecule has 0 radical (unpaired) electrons. The first kappa shape index (κ1) is 10.2. The highest BCUT2D eigenvalue weighted by Crippen LogP contribution is 2.35. The standard InChI is InChI=1S/C12H10N2O2/c15-12-10(7-4-8-11(12)14-16)13-9-5-2-1-3-6-9/h1-8,13,15H. The number of nitroso groups, excluding NO2 is 1. The molecule has 0 fully saturated rings. The van der Waals surface area contributed by atoms with Crippen molar-refractivity contribution in [2.75, 3.05) is 5.32 Å². The zero-order valence-corrected chi connectivity index (χ0v) is 8.42. The molecule has 80 valence electrons. The van der Waals surface area contributed by atoms with Crippen molar-refractivity contribution in [1.29, 1.82) is 0 Å². The van der Waals surface area contributed by atoms with E-state index in [0.29, 0.717) is 5.69 Å². The highest BCUT2D eigenvalue weighted by molar-refractivity contribution is 5.72. The Morgan fingerprint density at radius 2 is 1.75 bits per heavy atom. The molecule has 0 unspecified atom stereocenters. The molecule has 0 aliphatic heterocycles. The van der Waals surface area contributed by atoms with Gasteiger partial charge in [0.25, 0.3) is 0 Å². The van der Waals surface area contributed by atoms with Crippen LogP contribution in [0.25, 0.3) is 0 Å². The average molecular weight is 214 g/mol. The zero-order chi connectivity index (χ0) is 11.4. The van der Waals surface area contributed by atoms with Gasteiger partial charge in [0.1, 0.15) is 0 Å². The topological polar surface area (TPSA) is 61.7 Å². The third-order valence-electron chi connectivity index (χ3n) is 2.17. The summed E-state index contributed by atoms with van der Waals surface area (Å²) in [5.74, 6) is -0.138. The van der Waals surface area contributed by atoms with Gasteiger partial charge in [-0.15, -0.1) is 4.91 Å². The molecule has 0 aliphatic rings. The van der Waals surface area contributed by atoms with E-state index < -0.39 is 0 Å². The summed E-state index contributed by atoms with van der Waals surface area (Å²) >= 11 is 0. The van der Waals surface area contributed by atoms with Gasteiger partial charge in [0.2, 0.25) is 0 Å². The van der Waals surface area contributed by atoms with E-state index in [1.807, 2.05) is 30.3 Å². The largest absolute Gasteiger partial charge is 0.504 e. The van der Waals surface area contributed by atoms with Crippen LogP contribution in [0.5, 0.6) is 5.75 Å². The Morgan fingerprint density at radius 1 is 1.00 bits per heavy atom. The maximum Gasteiger partial charge on any atom is 0.168 e. The van der Waals surface area contributed by atoms with Crippen molar-refractivity contribution in [2.45, 2.75) is 0 Å². The number of nitrogens with one attached hydrogen (secondary N) is 1. The van der Waals surface area contributed by atoms with Crippen LogP contribution in [0.15, 0.2) is 53.7 Å². The molecule has 2 aromatic rings. The van der Waals surface area contributed by atoms with Gasteiger partial charge in [-0.1, -0.05) is 24.3 Å². The van der Waals surface area contributed by atoms with E-state index in [9.17, 15) is 10.0 Å². The normalized spacial score (nSPS) is 9.75. The lowest BCUT2D eigenvalue weighted by molar-refractivity contribution is 0.479. The lowest BCUT2D eigenvalue weighted by atomic mass is 10.2. The first-order valence-electron chi connectivity index (χ1n) is 4.78. The van der Waals surface area contributed by atoms with Crippen LogP contribution in [-0.2, 0) is 0 Å². The molecule has 0 saturated carbocycles. The summed E-state index contributed by atoms with van der Waals surface area (Å²) in [6, 6.07) is 14.2. The highest BCUT2D eigenvalue weighted by Gasteiger charge is 2.06. The van der Waals surface area contributed by atoms with Crippen molar-refractivity contribution in [1.82, 2.24) is 0 Å². The molecule has 4 nitrogen and oxygen atoms in total. The van der Waals surface area contributed by atoms with E-state index in [2.05, 4.69) is 10.5 Å². The maximum atomic E-state index is 10.4. The van der Waals surface area contributed by atoms with E-state index in [4.69, 9.17) is 0 Å². The minimum atomic E-state index is -0.138. The Balaban J connectivity index is 2.32. The first-order chi connectivity index (χ1) is 7.81. The van der Waals surface area contributed by atoms with Crippen LogP contribution < -0.4 is 5.32 Å². The molecule has 0 spiro atoms. The number of aromatic hydroxyl groups is 1. The number of phenolic OH excluding ortho intramolecular Hbond substituents is 1. The fourth-order valence-corrected chi connectivity index (χ4v) is 1.38. The lowest BCUT2D eigenvalue weighted by Gasteiger charge is -2.08. The molecule has 0 atom stereocenters. The number of hydrogen-bond acceptors (Lipinski definition) is 4. The molecule has 2 aromatic carbocycles. The molecule has 4 heteroatoms. The second-order valence-electron chi connectivity index (χ2n) is 3.26. The van der Waals surface area contributed by atoms with E-state index in [-0.39, 0.29) is 11.4 Å². The quantitative estimate of drug-likeness (QED) is 0.606. The van der Waals surface area contributed by atoms with Gasteiger partial charge in [0.05, 0.1) is 5.69 Å². The monoisotopic (exact) mass is 214 g/mol. The van der Waals surface area contributed by atoms with Gasteiger partial charge < -0.3 is 10.4 Å². The first-order valence-corrected chi connectivity index (χ1v) is 4.78. The van der Waals surface area contributed by atoms with E-state index in [1.54, 1.807) is 12.1 Å². The summed E-state index contributed by atoms with van der Waals surface area (Å²) in [6.45, 7) is 0. The van der Waals surface area contributed by atoms with Crippen LogP contribution in [0.2, 0.25) is 0 Å². The van der Waals surface area contributed by atoms with E-state index in [0.717, 1.165) is 5.69 Å². The summed E-state index contributed by atoms with van der Waals surface area (Å²) < 4.78 is 0. The van der Waals surface area contributed by atoms with Crippen LogP contribution in [0.1, 0.15) is 0 Å². The van der Waals surface area contributed by atoms with Crippen LogP contribution in [-0.4, -0.2) is 5.11 Å². The number of phenols is 1. The van der Waals surface area contributed by atoms with Gasteiger partial charge in [-0.05, 0) is 29.4 Å². The van der Waals surface area contributed by atoms with Crippen molar-refractivity contribution in [3.63, 3.8) is 0 Å². The molecule has 0 aliphatic carbocycles. The third kappa shape index (κ3) is 2.00. The second kappa shape index (κ2) is 4.44. The maximum absolute atomic E-state index is 10.4. The summed E-state index contributed by atoms with van der Waals surface area (Å²) in [7, 11) is 0. The Morgan fingerprint density at radius 3 is 2.44 bits per heavy atom. The zero-order valence-electron chi connectivity index (χ0n) is 8.42. The van der Waals surface area contributed by atoms with Crippen molar-refractivity contribution in [3.05, 3.63) is 53.4 Å². The van der Waals surface area contributed by atoms with Gasteiger partial charge in [0, 0.05) is 5.69 Å². The predicted molar refractivity (Wildman–Crippen MR) is 63.3 cm³/mol. The number of anilines is 2. The Labute approximate surface area is 92.5 Å². The number of benzene rings is 2. The minimum absolute atomic E-state index is 0.0286. The summed E-state index contributed by atoms with van der Waals surface area (Å²) in [4.78, 5) is 10.4. The molecule has 0 amide bonds. The van der Waals surface area contributed by atoms with Crippen LogP contribution in [0.4, 0.5) is 17.1 Å². The van der Waals surface area contributed by atoms with E-state index in [1.165, 1.54) is 6.07 Å². The number of hydrogen-bond donors (Lipinski definition) is 2. The Bertz CT molecular complexity index is 498. The SMILES string of the molecule is O=Nc1cccc(Nc2ccccc2)c1O. The van der Waals surface area contributed by atoms with E-state index >= 15 is 0 Å². The van der Waals surface area contributed by atoms with Gasteiger partial charge in [-0.25, -0.2) is 0 Å². The van der Waals surface area contributed by atoms with Gasteiger partial charge in [-0.2, -0.15) is 0 Å². The highest BCUT2D eigenvalue weighted by atomic mass is 16.3. The number of nitrogens with zero attached hydrogens (tertiary/aromatic N) is 1. The summed E-state index contributed by atoms with van der Waals surface area (Å²) in [5.41, 5.74) is 1.32. The molecule has 0 saturated heterocycles. The van der Waals surface area contributed by atoms with Crippen molar-refractivity contribution >= 4 is 17.1 Å². The fraction of sp³-hybridized carbons (Fsp3) is 0.